The summed E-state index contributed by atoms with van der Waals surface area (Å²) in [5, 5.41) is 0. The van der Waals surface area contributed by atoms with E-state index in [2.05, 4.69) is 0 Å². The summed E-state index contributed by atoms with van der Waals surface area (Å²) < 4.78 is 41.9. The van der Waals surface area contributed by atoms with Gasteiger partial charge in [0.2, 0.25) is 0 Å². The topological polar surface area (TPSA) is 17.1 Å². The Hall–Kier alpha value is 0.420. The first-order valence-electron chi connectivity index (χ1n) is 1.09. The van der Waals surface area contributed by atoms with Crippen molar-refractivity contribution >= 4 is 24.0 Å². The molecule has 0 saturated heterocycles. The highest BCUT2D eigenvalue weighted by Crippen LogP contribution is 2.23. The predicted molar refractivity (Wildman–Crippen MR) is 23.1 cm³/mol. The SMILES string of the molecule is O=S(Br)C(F)(F)F. The van der Waals surface area contributed by atoms with Crippen LogP contribution in [0.3, 0.4) is 0 Å². The number of hydrogen-bond acceptors (Lipinski definition) is 1. The van der Waals surface area contributed by atoms with Crippen LogP contribution in [0.2, 0.25) is 0 Å². The van der Waals surface area contributed by atoms with Crippen LogP contribution in [-0.4, -0.2) is 9.72 Å². The molecule has 0 bridgehead atoms. The molecular weight excluding hydrogens is 197 g/mol. The highest BCUT2D eigenvalue weighted by Gasteiger charge is 2.34. The molecule has 44 valence electrons. The molecule has 0 radical (unpaired) electrons. The predicted octanol–water partition coefficient (Wildman–Crippen LogP) is 1.56. The van der Waals surface area contributed by atoms with Gasteiger partial charge in [0.05, 0.1) is 0 Å². The number of hydrogen-bond donors (Lipinski definition) is 0. The van der Waals surface area contributed by atoms with E-state index in [0.29, 0.717) is 0 Å². The zero-order chi connectivity index (χ0) is 6.08. The summed E-state index contributed by atoms with van der Waals surface area (Å²) >= 11 is 1.84. The lowest BCUT2D eigenvalue weighted by Crippen LogP contribution is -2.09. The standard InChI is InChI=1S/CBrF3OS/c2-7(6)1(3,4)5. The Morgan fingerprint density at radius 1 is 1.43 bits per heavy atom. The molecule has 0 aliphatic rings. The second kappa shape index (κ2) is 2.13. The van der Waals surface area contributed by atoms with Gasteiger partial charge in [-0.3, -0.25) is 0 Å². The summed E-state index contributed by atoms with van der Waals surface area (Å²) in [6.45, 7) is 0. The summed E-state index contributed by atoms with van der Waals surface area (Å²) in [4.78, 5) is 0. The first-order valence-corrected chi connectivity index (χ1v) is 4.08. The van der Waals surface area contributed by atoms with Crippen molar-refractivity contribution in [2.45, 2.75) is 5.51 Å². The fourth-order valence-corrected chi connectivity index (χ4v) is 0. The van der Waals surface area contributed by atoms with Gasteiger partial charge in [0, 0.05) is 14.8 Å². The normalized spacial score (nSPS) is 16.6. The van der Waals surface area contributed by atoms with Crippen LogP contribution in [0.1, 0.15) is 0 Å². The molecular formula is CBrF3OS. The summed E-state index contributed by atoms with van der Waals surface area (Å²) in [6.07, 6.45) is 0. The van der Waals surface area contributed by atoms with Gasteiger partial charge in [-0.05, 0) is 0 Å². The van der Waals surface area contributed by atoms with E-state index in [9.17, 15) is 17.4 Å². The van der Waals surface area contributed by atoms with Gasteiger partial charge in [0.15, 0.2) is 9.23 Å². The Balaban J connectivity index is 3.79. The van der Waals surface area contributed by atoms with Gasteiger partial charge < -0.3 is 0 Å². The molecule has 7 heavy (non-hydrogen) atoms. The van der Waals surface area contributed by atoms with E-state index in [1.807, 2.05) is 14.8 Å². The molecule has 0 aromatic heterocycles. The molecule has 0 aliphatic carbocycles. The first-order chi connectivity index (χ1) is 2.94. The monoisotopic (exact) mass is 196 g/mol. The van der Waals surface area contributed by atoms with Gasteiger partial charge >= 0.3 is 5.51 Å². The Bertz CT molecular complexity index is 87.4. The van der Waals surface area contributed by atoms with Crippen LogP contribution in [0, 0.1) is 0 Å². The molecule has 0 heterocycles. The molecule has 0 amide bonds. The molecule has 6 heteroatoms. The van der Waals surface area contributed by atoms with Crippen molar-refractivity contribution in [1.82, 2.24) is 0 Å². The first kappa shape index (κ1) is 7.42. The average Bonchev–Trinajstić information content (AvgIpc) is 1.31. The van der Waals surface area contributed by atoms with Crippen LogP contribution < -0.4 is 0 Å². The van der Waals surface area contributed by atoms with Crippen LogP contribution in [0.25, 0.3) is 0 Å². The second-order valence-corrected chi connectivity index (χ2v) is 3.34. The lowest BCUT2D eigenvalue weighted by molar-refractivity contribution is -0.0361. The lowest BCUT2D eigenvalue weighted by atomic mass is 11.6. The molecule has 1 unspecified atom stereocenters. The maximum Gasteiger partial charge on any atom is 0.481 e. The molecule has 1 nitrogen and oxygen atoms in total. The molecule has 0 aromatic carbocycles. The molecule has 0 rings (SSSR count). The third-order valence-corrected chi connectivity index (χ3v) is 1.65. The maximum atomic E-state index is 10.8. The van der Waals surface area contributed by atoms with Crippen molar-refractivity contribution in [3.8, 4) is 0 Å². The minimum Gasteiger partial charge on any atom is -0.238 e. The third kappa shape index (κ3) is 3.04. The van der Waals surface area contributed by atoms with Gasteiger partial charge in [-0.1, -0.05) is 0 Å². The molecule has 1 atom stereocenters. The largest absolute Gasteiger partial charge is 0.481 e. The Morgan fingerprint density at radius 3 is 1.57 bits per heavy atom. The van der Waals surface area contributed by atoms with E-state index >= 15 is 0 Å². The number of halogens is 4. The summed E-state index contributed by atoms with van der Waals surface area (Å²) in [6, 6.07) is 0. The van der Waals surface area contributed by atoms with Gasteiger partial charge in [0.25, 0.3) is 0 Å². The average molecular weight is 197 g/mol. The van der Waals surface area contributed by atoms with E-state index in [4.69, 9.17) is 0 Å². The van der Waals surface area contributed by atoms with Gasteiger partial charge in [-0.2, -0.15) is 13.2 Å². The Morgan fingerprint density at radius 2 is 1.57 bits per heavy atom. The van der Waals surface area contributed by atoms with Crippen LogP contribution in [0.15, 0.2) is 0 Å². The van der Waals surface area contributed by atoms with Crippen LogP contribution in [-0.2, 0) is 9.23 Å². The molecule has 0 spiro atoms. The molecule has 0 fully saturated rings. The van der Waals surface area contributed by atoms with Crippen molar-refractivity contribution in [2.75, 3.05) is 0 Å². The molecule has 0 saturated carbocycles. The van der Waals surface area contributed by atoms with Gasteiger partial charge in [0.1, 0.15) is 0 Å². The third-order valence-electron chi connectivity index (χ3n) is 0.182. The smallest absolute Gasteiger partial charge is 0.238 e. The number of rotatable bonds is 0. The molecule has 0 N–H and O–H groups in total. The summed E-state index contributed by atoms with van der Waals surface area (Å²) in [5.74, 6) is 0. The van der Waals surface area contributed by atoms with Crippen molar-refractivity contribution in [1.29, 1.82) is 0 Å². The number of alkyl halides is 3. The minimum atomic E-state index is -4.61. The maximum absolute atomic E-state index is 10.8. The fraction of sp³-hybridized carbons (Fsp3) is 1.00. The summed E-state index contributed by atoms with van der Waals surface area (Å²) in [5.41, 5.74) is -4.61. The van der Waals surface area contributed by atoms with Gasteiger partial charge in [-0.15, -0.1) is 0 Å². The highest BCUT2D eigenvalue weighted by molar-refractivity contribution is 9.46. The van der Waals surface area contributed by atoms with E-state index in [1.165, 1.54) is 0 Å². The van der Waals surface area contributed by atoms with Crippen molar-refractivity contribution in [3.63, 3.8) is 0 Å². The Kier molecular flexibility index (Phi) is 2.25. The van der Waals surface area contributed by atoms with E-state index in [1.54, 1.807) is 0 Å². The Labute approximate surface area is 47.6 Å². The van der Waals surface area contributed by atoms with Crippen LogP contribution >= 0.6 is 14.8 Å². The summed E-state index contributed by atoms with van der Waals surface area (Å²) in [7, 11) is -2.87. The van der Waals surface area contributed by atoms with Crippen molar-refractivity contribution in [3.05, 3.63) is 0 Å². The highest BCUT2D eigenvalue weighted by atomic mass is 79.9. The van der Waals surface area contributed by atoms with Crippen molar-refractivity contribution < 1.29 is 17.4 Å². The molecule has 0 aromatic rings. The fourth-order valence-electron chi connectivity index (χ4n) is 0. The zero-order valence-corrected chi connectivity index (χ0v) is 5.23. The zero-order valence-electron chi connectivity index (χ0n) is 2.83. The van der Waals surface area contributed by atoms with E-state index < -0.39 is 14.7 Å². The lowest BCUT2D eigenvalue weighted by Gasteiger charge is -1.94. The minimum absolute atomic E-state index is 1.84. The van der Waals surface area contributed by atoms with Crippen LogP contribution in [0.4, 0.5) is 13.2 Å². The van der Waals surface area contributed by atoms with Gasteiger partial charge in [-0.25, -0.2) is 4.21 Å². The van der Waals surface area contributed by atoms with Crippen molar-refractivity contribution in [2.24, 2.45) is 0 Å². The second-order valence-electron chi connectivity index (χ2n) is 0.669. The van der Waals surface area contributed by atoms with Crippen LogP contribution in [0.5, 0.6) is 0 Å². The molecule has 0 aliphatic heterocycles. The van der Waals surface area contributed by atoms with E-state index in [-0.39, 0.29) is 0 Å². The quantitative estimate of drug-likeness (QED) is 0.538. The van der Waals surface area contributed by atoms with E-state index in [0.717, 1.165) is 0 Å².